The van der Waals surface area contributed by atoms with Crippen LogP contribution in [0, 0.1) is 11.8 Å². The Morgan fingerprint density at radius 3 is 2.56 bits per heavy atom. The van der Waals surface area contributed by atoms with E-state index in [0.717, 1.165) is 55.4 Å². The zero-order valence-electron chi connectivity index (χ0n) is 21.5. The lowest BCUT2D eigenvalue weighted by atomic mass is 10.0. The molecule has 2 N–H and O–H groups in total. The molecule has 2 aromatic carbocycles. The smallest absolute Gasteiger partial charge is 0.236 e. The summed E-state index contributed by atoms with van der Waals surface area (Å²) in [5, 5.41) is 8.99. The molecule has 1 aliphatic heterocycles. The van der Waals surface area contributed by atoms with Crippen molar-refractivity contribution >= 4 is 34.1 Å². The van der Waals surface area contributed by atoms with E-state index in [1.165, 1.54) is 16.5 Å². The van der Waals surface area contributed by atoms with Gasteiger partial charge in [-0.25, -0.2) is 0 Å². The minimum atomic E-state index is 0.176. The number of aryl methyl sites for hydroxylation is 1. The van der Waals surface area contributed by atoms with Crippen LogP contribution in [0.2, 0.25) is 5.02 Å². The molecule has 0 aliphatic carbocycles. The zero-order valence-corrected chi connectivity index (χ0v) is 22.2. The molecule has 1 aliphatic rings. The van der Waals surface area contributed by atoms with Gasteiger partial charge in [0, 0.05) is 67.9 Å². The molecule has 3 aromatic rings. The van der Waals surface area contributed by atoms with E-state index in [1.807, 2.05) is 38.4 Å². The van der Waals surface area contributed by atoms with Crippen LogP contribution in [0.5, 0.6) is 0 Å². The number of hydrogen-bond acceptors (Lipinski definition) is 4. The first kappa shape index (κ1) is 26.1. The Morgan fingerprint density at radius 1 is 1.11 bits per heavy atom. The fourth-order valence-electron chi connectivity index (χ4n) is 4.61. The number of anilines is 1. The van der Waals surface area contributed by atoms with E-state index < -0.39 is 0 Å². The predicted octanol–water partition coefficient (Wildman–Crippen LogP) is 4.42. The van der Waals surface area contributed by atoms with Gasteiger partial charge < -0.3 is 20.1 Å². The molecule has 0 radical (unpaired) electrons. The number of benzene rings is 2. The van der Waals surface area contributed by atoms with Gasteiger partial charge in [-0.2, -0.15) is 0 Å². The molecule has 2 heterocycles. The van der Waals surface area contributed by atoms with Crippen molar-refractivity contribution in [2.75, 3.05) is 45.6 Å². The highest BCUT2D eigenvalue weighted by Gasteiger charge is 2.21. The highest BCUT2D eigenvalue weighted by molar-refractivity contribution is 6.30. The van der Waals surface area contributed by atoms with E-state index in [0.29, 0.717) is 19.1 Å². The van der Waals surface area contributed by atoms with Crippen molar-refractivity contribution in [1.82, 2.24) is 19.7 Å². The van der Waals surface area contributed by atoms with Crippen molar-refractivity contribution < 1.29 is 4.79 Å². The molecule has 6 nitrogen and oxygen atoms in total. The lowest BCUT2D eigenvalue weighted by molar-refractivity contribution is -0.130. The minimum Gasteiger partial charge on any atom is -0.374 e. The predicted molar refractivity (Wildman–Crippen MR) is 149 cm³/mol. The summed E-state index contributed by atoms with van der Waals surface area (Å²) < 4.78 is 2.27. The van der Waals surface area contributed by atoms with Crippen LogP contribution in [-0.2, 0) is 17.9 Å². The standard InChI is InChI=1S/C29H36ClN5O/c1-4-35-27(6-5-15-31-25-10-8-24(30)9-11-25)19-23-18-22(7-12-28(23)35)20-32-26-13-16-34(17-14-26)21-29(36)33(2)3/h7-12,18-19,26,31-32H,4,13-17,20-21H2,1-3H3. The van der Waals surface area contributed by atoms with Gasteiger partial charge in [-0.3, -0.25) is 9.69 Å². The Morgan fingerprint density at radius 2 is 1.86 bits per heavy atom. The Kier molecular flexibility index (Phi) is 8.93. The van der Waals surface area contributed by atoms with Crippen LogP contribution in [0.1, 0.15) is 31.0 Å². The number of amides is 1. The maximum Gasteiger partial charge on any atom is 0.236 e. The summed E-state index contributed by atoms with van der Waals surface area (Å²) in [6, 6.07) is 17.0. The highest BCUT2D eigenvalue weighted by atomic mass is 35.5. The molecule has 1 amide bonds. The lowest BCUT2D eigenvalue weighted by Gasteiger charge is -2.32. The molecule has 4 rings (SSSR count). The van der Waals surface area contributed by atoms with Gasteiger partial charge in [0.2, 0.25) is 5.91 Å². The Hall–Kier alpha value is -2.98. The maximum absolute atomic E-state index is 12.0. The van der Waals surface area contributed by atoms with Crippen LogP contribution in [0.4, 0.5) is 5.69 Å². The first-order valence-corrected chi connectivity index (χ1v) is 13.1. The first-order chi connectivity index (χ1) is 17.4. The van der Waals surface area contributed by atoms with Gasteiger partial charge >= 0.3 is 0 Å². The van der Waals surface area contributed by atoms with Crippen LogP contribution in [0.25, 0.3) is 10.9 Å². The van der Waals surface area contributed by atoms with Crippen molar-refractivity contribution in [1.29, 1.82) is 0 Å². The summed E-state index contributed by atoms with van der Waals surface area (Å²) in [5.74, 6) is 6.77. The zero-order chi connectivity index (χ0) is 25.5. The number of aromatic nitrogens is 1. The number of rotatable bonds is 8. The average molecular weight is 506 g/mol. The fraction of sp³-hybridized carbons (Fsp3) is 0.414. The van der Waals surface area contributed by atoms with Gasteiger partial charge in [0.1, 0.15) is 0 Å². The maximum atomic E-state index is 12.0. The van der Waals surface area contributed by atoms with Gasteiger partial charge in [0.25, 0.3) is 0 Å². The number of likely N-dealkylation sites (tertiary alicyclic amines) is 1. The van der Waals surface area contributed by atoms with Crippen LogP contribution in [-0.4, -0.2) is 66.6 Å². The van der Waals surface area contributed by atoms with Crippen molar-refractivity contribution in [2.24, 2.45) is 0 Å². The number of nitrogens with one attached hydrogen (secondary N) is 2. The van der Waals surface area contributed by atoms with Gasteiger partial charge in [0.05, 0.1) is 18.8 Å². The number of nitrogens with zero attached hydrogens (tertiary/aromatic N) is 3. The summed E-state index contributed by atoms with van der Waals surface area (Å²) in [5.41, 5.74) is 4.55. The summed E-state index contributed by atoms with van der Waals surface area (Å²) in [6.07, 6.45) is 2.14. The second-order valence-electron chi connectivity index (χ2n) is 9.55. The lowest BCUT2D eigenvalue weighted by Crippen LogP contribution is -2.45. The Labute approximate surface area is 219 Å². The topological polar surface area (TPSA) is 52.5 Å². The van der Waals surface area contributed by atoms with E-state index in [4.69, 9.17) is 11.6 Å². The molecule has 0 saturated carbocycles. The third-order valence-electron chi connectivity index (χ3n) is 6.76. The van der Waals surface area contributed by atoms with E-state index in [2.05, 4.69) is 63.1 Å². The number of carbonyl (C=O) groups is 1. The highest BCUT2D eigenvalue weighted by Crippen LogP contribution is 2.22. The summed E-state index contributed by atoms with van der Waals surface area (Å²) >= 11 is 5.95. The minimum absolute atomic E-state index is 0.176. The van der Waals surface area contributed by atoms with Gasteiger partial charge in [0.15, 0.2) is 0 Å². The molecule has 0 bridgehead atoms. The van der Waals surface area contributed by atoms with E-state index in [1.54, 1.807) is 4.90 Å². The van der Waals surface area contributed by atoms with Crippen LogP contribution >= 0.6 is 11.6 Å². The van der Waals surface area contributed by atoms with Gasteiger partial charge in [-0.15, -0.1) is 0 Å². The second-order valence-corrected chi connectivity index (χ2v) is 9.99. The fourth-order valence-corrected chi connectivity index (χ4v) is 4.74. The quantitative estimate of drug-likeness (QED) is 0.445. The van der Waals surface area contributed by atoms with E-state index in [-0.39, 0.29) is 5.91 Å². The SMILES string of the molecule is CCn1c(C#CCNc2ccc(Cl)cc2)cc2cc(CNC3CCN(CC(=O)N(C)C)CC3)ccc21. The van der Waals surface area contributed by atoms with Crippen molar-refractivity contribution in [3.63, 3.8) is 0 Å². The van der Waals surface area contributed by atoms with Crippen LogP contribution < -0.4 is 10.6 Å². The third-order valence-corrected chi connectivity index (χ3v) is 7.02. The van der Waals surface area contributed by atoms with Gasteiger partial charge in [-0.1, -0.05) is 23.6 Å². The molecule has 0 atom stereocenters. The monoisotopic (exact) mass is 505 g/mol. The number of piperidine rings is 1. The molecule has 36 heavy (non-hydrogen) atoms. The number of likely N-dealkylation sites (N-methyl/N-ethyl adjacent to an activating group) is 1. The van der Waals surface area contributed by atoms with Crippen molar-refractivity contribution in [3.8, 4) is 11.8 Å². The molecule has 1 aromatic heterocycles. The number of fused-ring (bicyclic) bond motifs is 1. The largest absolute Gasteiger partial charge is 0.374 e. The molecule has 1 saturated heterocycles. The molecular weight excluding hydrogens is 470 g/mol. The average Bonchev–Trinajstić information content (AvgIpc) is 3.23. The molecular formula is C29H36ClN5O. The Balaban J connectivity index is 1.32. The molecule has 1 fully saturated rings. The summed E-state index contributed by atoms with van der Waals surface area (Å²) in [6.45, 7) is 6.90. The summed E-state index contributed by atoms with van der Waals surface area (Å²) in [4.78, 5) is 15.9. The summed E-state index contributed by atoms with van der Waals surface area (Å²) in [7, 11) is 3.63. The van der Waals surface area contributed by atoms with Crippen molar-refractivity contribution in [3.05, 3.63) is 64.8 Å². The number of carbonyl (C=O) groups excluding carboxylic acids is 1. The normalized spacial score (nSPS) is 14.4. The van der Waals surface area contributed by atoms with Crippen LogP contribution in [0.3, 0.4) is 0 Å². The van der Waals surface area contributed by atoms with Gasteiger partial charge in [-0.05, 0) is 73.7 Å². The van der Waals surface area contributed by atoms with Crippen molar-refractivity contribution in [2.45, 2.75) is 38.9 Å². The third kappa shape index (κ3) is 6.82. The number of hydrogen-bond donors (Lipinski definition) is 2. The van der Waals surface area contributed by atoms with E-state index >= 15 is 0 Å². The molecule has 0 unspecified atom stereocenters. The van der Waals surface area contributed by atoms with Crippen LogP contribution in [0.15, 0.2) is 48.5 Å². The number of halogens is 1. The first-order valence-electron chi connectivity index (χ1n) is 12.7. The second kappa shape index (κ2) is 12.3. The molecule has 7 heteroatoms. The molecule has 190 valence electrons. The molecule has 0 spiro atoms. The Bertz CT molecular complexity index is 1230. The van der Waals surface area contributed by atoms with E-state index in [9.17, 15) is 4.79 Å².